The van der Waals surface area contributed by atoms with Gasteiger partial charge in [0.1, 0.15) is 11.9 Å². The van der Waals surface area contributed by atoms with Gasteiger partial charge in [-0.15, -0.1) is 0 Å². The molecule has 3 aromatic heterocycles. The maximum Gasteiger partial charge on any atom is 0.225 e. The van der Waals surface area contributed by atoms with Crippen molar-refractivity contribution in [2.24, 2.45) is 13.0 Å². The van der Waals surface area contributed by atoms with Crippen LogP contribution in [0.1, 0.15) is 50.6 Å². The van der Waals surface area contributed by atoms with E-state index in [0.717, 1.165) is 28.6 Å². The average molecular weight is 376 g/mol. The molecule has 6 heteroatoms. The Balaban J connectivity index is 1.49. The summed E-state index contributed by atoms with van der Waals surface area (Å²) >= 11 is 0. The molecule has 2 saturated carbocycles. The fourth-order valence-electron chi connectivity index (χ4n) is 4.04. The molecule has 3 heterocycles. The third-order valence-electron chi connectivity index (χ3n) is 5.91. The van der Waals surface area contributed by atoms with Crippen molar-refractivity contribution in [2.75, 3.05) is 0 Å². The van der Waals surface area contributed by atoms with Gasteiger partial charge in [0.05, 0.1) is 16.6 Å². The molecular weight excluding hydrogens is 352 g/mol. The molecule has 0 aliphatic heterocycles. The first-order valence-corrected chi connectivity index (χ1v) is 10.1. The quantitative estimate of drug-likeness (QED) is 0.672. The summed E-state index contributed by atoms with van der Waals surface area (Å²) in [4.78, 5) is 21.1. The molecule has 5 rings (SSSR count). The monoisotopic (exact) mass is 376 g/mol. The van der Waals surface area contributed by atoms with E-state index in [9.17, 15) is 4.79 Å². The molecular formula is C22H24N4O2. The van der Waals surface area contributed by atoms with Crippen LogP contribution in [0.25, 0.3) is 22.2 Å². The van der Waals surface area contributed by atoms with Gasteiger partial charge in [-0.25, -0.2) is 4.98 Å². The number of Topliss-reactive ketones (excluding diaryl/α,β-unsaturated/α-hetero) is 1. The summed E-state index contributed by atoms with van der Waals surface area (Å²) in [5, 5.41) is 5.45. The lowest BCUT2D eigenvalue weighted by Crippen LogP contribution is -2.22. The number of nitrogens with zero attached hydrogens (tertiary/aromatic N) is 4. The van der Waals surface area contributed by atoms with Crippen LogP contribution in [0.5, 0.6) is 5.88 Å². The van der Waals surface area contributed by atoms with Gasteiger partial charge >= 0.3 is 0 Å². The highest BCUT2D eigenvalue weighted by Gasteiger charge is 2.29. The molecule has 2 aliphatic carbocycles. The Hall–Kier alpha value is -2.76. The summed E-state index contributed by atoms with van der Waals surface area (Å²) in [5.41, 5.74) is 3.79. The fourth-order valence-corrected chi connectivity index (χ4v) is 4.04. The Kier molecular flexibility index (Phi) is 4.14. The fraction of sp³-hybridized carbons (Fsp3) is 0.455. The second kappa shape index (κ2) is 6.69. The molecule has 0 bridgehead atoms. The smallest absolute Gasteiger partial charge is 0.225 e. The number of hydrogen-bond donors (Lipinski definition) is 0. The zero-order valence-corrected chi connectivity index (χ0v) is 16.3. The van der Waals surface area contributed by atoms with Crippen LogP contribution in [0.15, 0.2) is 30.6 Å². The maximum absolute atomic E-state index is 11.7. The second-order valence-corrected chi connectivity index (χ2v) is 8.16. The van der Waals surface area contributed by atoms with Crippen molar-refractivity contribution in [1.82, 2.24) is 19.7 Å². The highest BCUT2D eigenvalue weighted by Crippen LogP contribution is 2.39. The molecule has 0 aromatic carbocycles. The molecule has 0 unspecified atom stereocenters. The van der Waals surface area contributed by atoms with Crippen molar-refractivity contribution < 1.29 is 9.53 Å². The first kappa shape index (κ1) is 17.3. The van der Waals surface area contributed by atoms with Gasteiger partial charge in [0.25, 0.3) is 0 Å². The Morgan fingerprint density at radius 1 is 1.25 bits per heavy atom. The molecule has 28 heavy (non-hydrogen) atoms. The van der Waals surface area contributed by atoms with E-state index >= 15 is 0 Å². The minimum atomic E-state index is -0.0621. The minimum Gasteiger partial charge on any atom is -0.474 e. The van der Waals surface area contributed by atoms with Crippen LogP contribution in [0.4, 0.5) is 0 Å². The predicted octanol–water partition coefficient (Wildman–Crippen LogP) is 4.04. The highest BCUT2D eigenvalue weighted by molar-refractivity contribution is 5.86. The number of carbonyl (C=O) groups is 1. The van der Waals surface area contributed by atoms with E-state index in [1.807, 2.05) is 32.4 Å². The molecule has 0 spiro atoms. The number of ketones is 1. The lowest BCUT2D eigenvalue weighted by molar-refractivity contribution is -0.117. The van der Waals surface area contributed by atoms with E-state index in [2.05, 4.69) is 22.2 Å². The standard InChI is InChI=1S/C22H24N4O2/c1-13(15-5-7-17(27)9-15)28-22-18-12-26(2)25-21(18)10-20(24-22)16-6-8-19(23-11-16)14-3-4-14/h6,8,10-15H,3-5,7,9H2,1-2H3/t13-,15+/m1/s1. The molecule has 0 saturated heterocycles. The summed E-state index contributed by atoms with van der Waals surface area (Å²) in [5.74, 6) is 1.80. The number of carbonyl (C=O) groups excluding carboxylic acids is 1. The zero-order chi connectivity index (χ0) is 19.3. The van der Waals surface area contributed by atoms with Crippen LogP contribution in [0, 0.1) is 5.92 Å². The Bertz CT molecular complexity index is 1040. The van der Waals surface area contributed by atoms with Gasteiger partial charge in [0.15, 0.2) is 0 Å². The molecule has 0 amide bonds. The maximum atomic E-state index is 11.7. The number of aryl methyl sites for hydroxylation is 1. The number of hydrogen-bond acceptors (Lipinski definition) is 5. The topological polar surface area (TPSA) is 69.9 Å². The normalized spacial score (nSPS) is 20.6. The average Bonchev–Trinajstić information content (AvgIpc) is 3.33. The van der Waals surface area contributed by atoms with Gasteiger partial charge in [-0.05, 0) is 44.4 Å². The van der Waals surface area contributed by atoms with Crippen molar-refractivity contribution in [3.05, 3.63) is 36.3 Å². The zero-order valence-electron chi connectivity index (χ0n) is 16.3. The second-order valence-electron chi connectivity index (χ2n) is 8.16. The van der Waals surface area contributed by atoms with Gasteiger partial charge in [0, 0.05) is 55.4 Å². The summed E-state index contributed by atoms with van der Waals surface area (Å²) < 4.78 is 8.05. The van der Waals surface area contributed by atoms with Crippen molar-refractivity contribution in [1.29, 1.82) is 0 Å². The first-order chi connectivity index (χ1) is 13.6. The van der Waals surface area contributed by atoms with Crippen LogP contribution >= 0.6 is 0 Å². The van der Waals surface area contributed by atoms with E-state index in [1.165, 1.54) is 18.5 Å². The van der Waals surface area contributed by atoms with Crippen LogP contribution in [0.2, 0.25) is 0 Å². The summed E-state index contributed by atoms with van der Waals surface area (Å²) in [7, 11) is 1.90. The highest BCUT2D eigenvalue weighted by atomic mass is 16.5. The van der Waals surface area contributed by atoms with Gasteiger partial charge in [-0.3, -0.25) is 14.5 Å². The number of rotatable bonds is 5. The van der Waals surface area contributed by atoms with Crippen molar-refractivity contribution in [3.63, 3.8) is 0 Å². The molecule has 3 aromatic rings. The SMILES string of the molecule is C[C@@H](Oc1nc(-c2ccc(C3CC3)nc2)cc2nn(C)cc12)[C@H]1CCC(=O)C1. The van der Waals surface area contributed by atoms with Crippen molar-refractivity contribution in [3.8, 4) is 17.1 Å². The van der Waals surface area contributed by atoms with Crippen molar-refractivity contribution >= 4 is 16.7 Å². The molecule has 0 radical (unpaired) electrons. The van der Waals surface area contributed by atoms with Crippen LogP contribution in [-0.2, 0) is 11.8 Å². The third-order valence-corrected chi connectivity index (χ3v) is 5.91. The van der Waals surface area contributed by atoms with Gasteiger partial charge in [-0.2, -0.15) is 5.10 Å². The van der Waals surface area contributed by atoms with E-state index < -0.39 is 0 Å². The predicted molar refractivity (Wildman–Crippen MR) is 106 cm³/mol. The summed E-state index contributed by atoms with van der Waals surface area (Å²) in [6.45, 7) is 2.03. The molecule has 2 fully saturated rings. The molecule has 6 nitrogen and oxygen atoms in total. The Morgan fingerprint density at radius 2 is 2.11 bits per heavy atom. The van der Waals surface area contributed by atoms with Gasteiger partial charge < -0.3 is 4.74 Å². The number of aromatic nitrogens is 4. The Morgan fingerprint density at radius 3 is 2.79 bits per heavy atom. The van der Waals surface area contributed by atoms with Crippen LogP contribution in [0.3, 0.4) is 0 Å². The largest absolute Gasteiger partial charge is 0.474 e. The van der Waals surface area contributed by atoms with Crippen LogP contribution in [-0.4, -0.2) is 31.6 Å². The molecule has 2 atom stereocenters. The number of pyridine rings is 2. The number of fused-ring (bicyclic) bond motifs is 1. The van der Waals surface area contributed by atoms with E-state index in [-0.39, 0.29) is 12.0 Å². The molecule has 144 valence electrons. The molecule has 0 N–H and O–H groups in total. The lowest BCUT2D eigenvalue weighted by Gasteiger charge is -2.20. The summed E-state index contributed by atoms with van der Waals surface area (Å²) in [6, 6.07) is 6.17. The Labute approximate surface area is 163 Å². The van der Waals surface area contributed by atoms with Gasteiger partial charge in [-0.1, -0.05) is 0 Å². The first-order valence-electron chi connectivity index (χ1n) is 10.1. The summed E-state index contributed by atoms with van der Waals surface area (Å²) in [6.07, 6.45) is 8.40. The van der Waals surface area contributed by atoms with E-state index in [1.54, 1.807) is 4.68 Å². The van der Waals surface area contributed by atoms with Crippen molar-refractivity contribution in [2.45, 2.75) is 51.0 Å². The molecule has 2 aliphatic rings. The third kappa shape index (κ3) is 3.28. The van der Waals surface area contributed by atoms with Gasteiger partial charge in [0.2, 0.25) is 5.88 Å². The van der Waals surface area contributed by atoms with Crippen LogP contribution < -0.4 is 4.74 Å². The number of ether oxygens (including phenoxy) is 1. The lowest BCUT2D eigenvalue weighted by atomic mass is 10.0. The van der Waals surface area contributed by atoms with E-state index in [4.69, 9.17) is 9.72 Å². The minimum absolute atomic E-state index is 0.0621. The van der Waals surface area contributed by atoms with E-state index in [0.29, 0.717) is 30.4 Å².